The van der Waals surface area contributed by atoms with Crippen LogP contribution < -0.4 is 21.7 Å². The van der Waals surface area contributed by atoms with Gasteiger partial charge in [-0.3, -0.25) is 19.2 Å². The van der Waals surface area contributed by atoms with E-state index in [-0.39, 0.29) is 31.2 Å². The Balaban J connectivity index is 1.97. The van der Waals surface area contributed by atoms with Crippen LogP contribution in [0.25, 0.3) is 0 Å². The van der Waals surface area contributed by atoms with Crippen LogP contribution in [0.3, 0.4) is 0 Å². The van der Waals surface area contributed by atoms with Crippen molar-refractivity contribution in [3.63, 3.8) is 0 Å². The Kier molecular flexibility index (Phi) is 9.61. The van der Waals surface area contributed by atoms with Gasteiger partial charge in [0.25, 0.3) is 11.8 Å². The molecule has 1 aromatic rings. The summed E-state index contributed by atoms with van der Waals surface area (Å²) >= 11 is 0. The van der Waals surface area contributed by atoms with Gasteiger partial charge in [0.1, 0.15) is 17.8 Å². The summed E-state index contributed by atoms with van der Waals surface area (Å²) in [6, 6.07) is 4.17. The Labute approximate surface area is 192 Å². The van der Waals surface area contributed by atoms with Gasteiger partial charge >= 0.3 is 0 Å². The number of nitrogens with two attached hydrogens (primary N) is 1. The van der Waals surface area contributed by atoms with Crippen LogP contribution in [0.2, 0.25) is 0 Å². The fourth-order valence-electron chi connectivity index (χ4n) is 3.22. The van der Waals surface area contributed by atoms with Crippen LogP contribution in [0.4, 0.5) is 0 Å². The van der Waals surface area contributed by atoms with Crippen LogP contribution >= 0.6 is 0 Å². The third-order valence-electron chi connectivity index (χ3n) is 5.02. The van der Waals surface area contributed by atoms with Crippen molar-refractivity contribution in [1.82, 2.24) is 16.0 Å². The molecule has 33 heavy (non-hydrogen) atoms. The Bertz CT molecular complexity index is 844. The van der Waals surface area contributed by atoms with Gasteiger partial charge in [0.05, 0.1) is 0 Å². The van der Waals surface area contributed by atoms with Gasteiger partial charge in [0, 0.05) is 19.6 Å². The molecule has 11 heteroatoms. The van der Waals surface area contributed by atoms with Crippen molar-refractivity contribution in [3.05, 3.63) is 29.8 Å². The molecule has 0 radical (unpaired) electrons. The number of primary amides is 1. The molecule has 0 spiro atoms. The van der Waals surface area contributed by atoms with Gasteiger partial charge in [-0.15, -0.1) is 0 Å². The smallest absolute Gasteiger partial charge is 0.253 e. The van der Waals surface area contributed by atoms with Crippen molar-refractivity contribution < 1.29 is 34.1 Å². The van der Waals surface area contributed by atoms with E-state index in [0.717, 1.165) is 0 Å². The Morgan fingerprint density at radius 2 is 1.67 bits per heavy atom. The molecule has 0 saturated carbocycles. The van der Waals surface area contributed by atoms with Crippen LogP contribution in [0.5, 0.6) is 5.75 Å². The summed E-state index contributed by atoms with van der Waals surface area (Å²) in [6.45, 7) is 3.94. The lowest BCUT2D eigenvalue weighted by molar-refractivity contribution is -0.132. The highest BCUT2D eigenvalue weighted by Crippen LogP contribution is 2.23. The molecule has 1 aromatic carbocycles. The first-order valence-electron chi connectivity index (χ1n) is 10.8. The molecular weight excluding hydrogens is 432 g/mol. The maximum Gasteiger partial charge on any atom is 0.253 e. The summed E-state index contributed by atoms with van der Waals surface area (Å²) in [5, 5.41) is 25.9. The maximum absolute atomic E-state index is 12.9. The summed E-state index contributed by atoms with van der Waals surface area (Å²) < 4.78 is 5.15. The number of ether oxygens (including phenoxy) is 1. The number of amides is 4. The van der Waals surface area contributed by atoms with Crippen molar-refractivity contribution in [3.8, 4) is 5.75 Å². The molecule has 7 N–H and O–H groups in total. The number of nitrogens with one attached hydrogen (secondary N) is 3. The second-order valence-corrected chi connectivity index (χ2v) is 8.37. The molecule has 2 rings (SSSR count). The van der Waals surface area contributed by atoms with Gasteiger partial charge in [-0.05, 0) is 36.5 Å². The lowest BCUT2D eigenvalue weighted by Crippen LogP contribution is -2.54. The van der Waals surface area contributed by atoms with Crippen LogP contribution in [-0.4, -0.2) is 71.3 Å². The standard InChI is InChI=1S/C22H32N4O7/c1-12(2)10-16(26-22(32)18-17(33-18)21(31)24-8-3-9-27)20(30)25-15(19(23)29)11-13-4-6-14(28)7-5-13/h4-7,12,15-18,27-28H,3,8-11H2,1-2H3,(H2,23,29)(H,24,31)(H,25,30)(H,26,32)/t15-,16-,17?,18?/m0/s1. The van der Waals surface area contributed by atoms with Crippen LogP contribution in [0.1, 0.15) is 32.3 Å². The number of carbonyl (C=O) groups is 4. The van der Waals surface area contributed by atoms with E-state index in [9.17, 15) is 24.3 Å². The molecule has 1 aliphatic rings. The highest BCUT2D eigenvalue weighted by Gasteiger charge is 2.50. The summed E-state index contributed by atoms with van der Waals surface area (Å²) in [7, 11) is 0. The zero-order valence-corrected chi connectivity index (χ0v) is 18.7. The number of benzene rings is 1. The molecule has 4 atom stereocenters. The number of carbonyl (C=O) groups excluding carboxylic acids is 4. The zero-order chi connectivity index (χ0) is 24.5. The molecule has 0 aliphatic carbocycles. The predicted molar refractivity (Wildman–Crippen MR) is 118 cm³/mol. The molecule has 2 unspecified atom stereocenters. The highest BCUT2D eigenvalue weighted by molar-refractivity contribution is 5.97. The van der Waals surface area contributed by atoms with E-state index in [0.29, 0.717) is 18.4 Å². The van der Waals surface area contributed by atoms with Crippen molar-refractivity contribution in [2.75, 3.05) is 13.2 Å². The van der Waals surface area contributed by atoms with Crippen molar-refractivity contribution in [1.29, 1.82) is 0 Å². The Hall–Kier alpha value is -3.18. The fraction of sp³-hybridized carbons (Fsp3) is 0.545. The van der Waals surface area contributed by atoms with E-state index >= 15 is 0 Å². The normalized spacial score (nSPS) is 18.8. The van der Waals surface area contributed by atoms with Crippen molar-refractivity contribution >= 4 is 23.6 Å². The molecule has 182 valence electrons. The van der Waals surface area contributed by atoms with E-state index < -0.39 is 47.9 Å². The molecular formula is C22H32N4O7. The average molecular weight is 465 g/mol. The first-order chi connectivity index (χ1) is 15.6. The number of rotatable bonds is 13. The minimum Gasteiger partial charge on any atom is -0.508 e. The second-order valence-electron chi connectivity index (χ2n) is 8.37. The fourth-order valence-corrected chi connectivity index (χ4v) is 3.22. The lowest BCUT2D eigenvalue weighted by atomic mass is 10.0. The first kappa shape index (κ1) is 26.1. The van der Waals surface area contributed by atoms with Gasteiger partial charge in [0.2, 0.25) is 11.8 Å². The molecule has 1 aliphatic heterocycles. The number of epoxide rings is 1. The molecule has 1 saturated heterocycles. The van der Waals surface area contributed by atoms with E-state index in [2.05, 4.69) is 16.0 Å². The summed E-state index contributed by atoms with van der Waals surface area (Å²) in [4.78, 5) is 49.3. The van der Waals surface area contributed by atoms with Crippen LogP contribution in [0.15, 0.2) is 24.3 Å². The molecule has 11 nitrogen and oxygen atoms in total. The van der Waals surface area contributed by atoms with Gasteiger partial charge in [0.15, 0.2) is 12.2 Å². The van der Waals surface area contributed by atoms with Crippen LogP contribution in [0, 0.1) is 5.92 Å². The molecule has 1 fully saturated rings. The minimum absolute atomic E-state index is 0.0443. The largest absolute Gasteiger partial charge is 0.508 e. The highest BCUT2D eigenvalue weighted by atomic mass is 16.6. The summed E-state index contributed by atoms with van der Waals surface area (Å²) in [5.41, 5.74) is 6.14. The molecule has 4 amide bonds. The predicted octanol–water partition coefficient (Wildman–Crippen LogP) is -1.30. The van der Waals surface area contributed by atoms with Gasteiger partial charge in [-0.25, -0.2) is 0 Å². The molecule has 1 heterocycles. The monoisotopic (exact) mass is 464 g/mol. The lowest BCUT2D eigenvalue weighted by Gasteiger charge is -2.23. The Morgan fingerprint density at radius 1 is 1.03 bits per heavy atom. The van der Waals surface area contributed by atoms with Crippen molar-refractivity contribution in [2.24, 2.45) is 11.7 Å². The third kappa shape index (κ3) is 8.35. The second kappa shape index (κ2) is 12.2. The number of phenols is 1. The number of phenolic OH excluding ortho intramolecular Hbond substituents is 1. The molecule has 0 bridgehead atoms. The topological polar surface area (TPSA) is 183 Å². The number of hydrogen-bond acceptors (Lipinski definition) is 7. The van der Waals surface area contributed by atoms with E-state index in [1.807, 2.05) is 13.8 Å². The minimum atomic E-state index is -1.02. The number of hydrogen-bond donors (Lipinski definition) is 6. The zero-order valence-electron chi connectivity index (χ0n) is 18.7. The average Bonchev–Trinajstić information content (AvgIpc) is 3.55. The SMILES string of the molecule is CC(C)C[C@H](NC(=O)C1OC1C(=O)NCCCO)C(=O)N[C@@H](Cc1ccc(O)cc1)C(N)=O. The maximum atomic E-state index is 12.9. The van der Waals surface area contributed by atoms with E-state index in [1.54, 1.807) is 12.1 Å². The van der Waals surface area contributed by atoms with Gasteiger partial charge in [-0.1, -0.05) is 26.0 Å². The van der Waals surface area contributed by atoms with E-state index in [4.69, 9.17) is 15.6 Å². The molecule has 0 aromatic heterocycles. The summed E-state index contributed by atoms with van der Waals surface area (Å²) in [6.07, 6.45) is -1.16. The number of aromatic hydroxyl groups is 1. The first-order valence-corrected chi connectivity index (χ1v) is 10.8. The van der Waals surface area contributed by atoms with Gasteiger partial charge in [-0.2, -0.15) is 0 Å². The Morgan fingerprint density at radius 3 is 2.24 bits per heavy atom. The summed E-state index contributed by atoms with van der Waals surface area (Å²) in [5.74, 6) is -2.27. The quantitative estimate of drug-likeness (QED) is 0.155. The van der Waals surface area contributed by atoms with Crippen molar-refractivity contribution in [2.45, 2.75) is 57.4 Å². The van der Waals surface area contributed by atoms with E-state index in [1.165, 1.54) is 12.1 Å². The number of aliphatic hydroxyl groups is 1. The van der Waals surface area contributed by atoms with Crippen LogP contribution in [-0.2, 0) is 30.3 Å². The third-order valence-corrected chi connectivity index (χ3v) is 5.02. The number of aliphatic hydroxyl groups excluding tert-OH is 1. The van der Waals surface area contributed by atoms with Gasteiger partial charge < -0.3 is 36.6 Å².